The number of carbonyl (C=O) groups is 2. The van der Waals surface area contributed by atoms with E-state index in [1.54, 1.807) is 4.90 Å². The Balaban J connectivity index is 1.48. The van der Waals surface area contributed by atoms with Gasteiger partial charge >= 0.3 is 6.61 Å². The normalized spacial score (nSPS) is 18.1. The highest BCUT2D eigenvalue weighted by atomic mass is 19.3. The molecule has 1 aromatic rings. The van der Waals surface area contributed by atoms with E-state index >= 15 is 0 Å². The highest BCUT2D eigenvalue weighted by Crippen LogP contribution is 2.29. The summed E-state index contributed by atoms with van der Waals surface area (Å²) in [6.45, 7) is -0.0345. The van der Waals surface area contributed by atoms with Gasteiger partial charge < -0.3 is 19.7 Å². The van der Waals surface area contributed by atoms with Gasteiger partial charge in [0.2, 0.25) is 5.91 Å². The second-order valence-electron chi connectivity index (χ2n) is 7.28. The second-order valence-corrected chi connectivity index (χ2v) is 7.28. The Morgan fingerprint density at radius 1 is 1.14 bits per heavy atom. The van der Waals surface area contributed by atoms with Crippen LogP contribution >= 0.6 is 0 Å². The number of hydrogen-bond donors (Lipinski definition) is 1. The van der Waals surface area contributed by atoms with E-state index in [0.29, 0.717) is 19.1 Å². The second kappa shape index (κ2) is 9.87. The van der Waals surface area contributed by atoms with Crippen LogP contribution in [0.25, 0.3) is 0 Å². The van der Waals surface area contributed by atoms with Crippen molar-refractivity contribution in [3.63, 3.8) is 0 Å². The summed E-state index contributed by atoms with van der Waals surface area (Å²) in [5.41, 5.74) is 0.197. The Kier molecular flexibility index (Phi) is 7.24. The van der Waals surface area contributed by atoms with Gasteiger partial charge in [0.15, 0.2) is 11.5 Å². The molecule has 3 rings (SSSR count). The van der Waals surface area contributed by atoms with E-state index in [2.05, 4.69) is 15.0 Å². The van der Waals surface area contributed by atoms with Crippen LogP contribution in [-0.2, 0) is 4.79 Å². The smallest absolute Gasteiger partial charge is 0.387 e. The zero-order chi connectivity index (χ0) is 20.8. The lowest BCUT2D eigenvalue weighted by Crippen LogP contribution is -2.53. The lowest BCUT2D eigenvalue weighted by molar-refractivity contribution is -0.132. The highest BCUT2D eigenvalue weighted by molar-refractivity contribution is 5.97. The first-order valence-electron chi connectivity index (χ1n) is 9.91. The monoisotopic (exact) mass is 411 g/mol. The van der Waals surface area contributed by atoms with Gasteiger partial charge in [0.25, 0.3) is 5.91 Å². The minimum absolute atomic E-state index is 0.0207. The number of nitrogens with zero attached hydrogens (tertiary/aromatic N) is 2. The SMILES string of the molecule is COc1cc(C(=O)NCC(=O)N2CCN(C3CCCC3)CC2)ccc1OC(F)F. The molecule has 0 spiro atoms. The molecular formula is C20H27F2N3O4. The average molecular weight is 411 g/mol. The van der Waals surface area contributed by atoms with Gasteiger partial charge in [-0.25, -0.2) is 0 Å². The van der Waals surface area contributed by atoms with Crippen molar-refractivity contribution in [3.8, 4) is 11.5 Å². The fourth-order valence-electron chi connectivity index (χ4n) is 3.98. The molecule has 1 aliphatic carbocycles. The van der Waals surface area contributed by atoms with Crippen molar-refractivity contribution in [2.24, 2.45) is 0 Å². The Labute approximate surface area is 168 Å². The highest BCUT2D eigenvalue weighted by Gasteiger charge is 2.27. The zero-order valence-electron chi connectivity index (χ0n) is 16.5. The fourth-order valence-corrected chi connectivity index (χ4v) is 3.98. The minimum Gasteiger partial charge on any atom is -0.493 e. The molecule has 0 atom stereocenters. The maximum absolute atomic E-state index is 12.4. The average Bonchev–Trinajstić information content (AvgIpc) is 3.26. The molecule has 1 saturated heterocycles. The van der Waals surface area contributed by atoms with Gasteiger partial charge in [-0.05, 0) is 31.0 Å². The van der Waals surface area contributed by atoms with Crippen molar-refractivity contribution in [3.05, 3.63) is 23.8 Å². The molecule has 29 heavy (non-hydrogen) atoms. The first-order chi connectivity index (χ1) is 14.0. The lowest BCUT2D eigenvalue weighted by atomic mass is 10.1. The molecule has 160 valence electrons. The van der Waals surface area contributed by atoms with Crippen molar-refractivity contribution < 1.29 is 27.8 Å². The number of ether oxygens (including phenoxy) is 2. The minimum atomic E-state index is -2.99. The van der Waals surface area contributed by atoms with E-state index in [1.807, 2.05) is 0 Å². The number of hydrogen-bond acceptors (Lipinski definition) is 5. The van der Waals surface area contributed by atoms with Crippen molar-refractivity contribution >= 4 is 11.8 Å². The molecule has 2 aliphatic rings. The van der Waals surface area contributed by atoms with Gasteiger partial charge in [0.05, 0.1) is 13.7 Å². The number of carbonyl (C=O) groups excluding carboxylic acids is 2. The predicted octanol–water partition coefficient (Wildman–Crippen LogP) is 2.11. The number of methoxy groups -OCH3 is 1. The third-order valence-corrected chi connectivity index (χ3v) is 5.55. The standard InChI is InChI=1S/C20H27F2N3O4/c1-28-17-12-14(6-7-16(17)29-20(21)22)19(27)23-13-18(26)25-10-8-24(9-11-25)15-4-2-3-5-15/h6-7,12,15,20H,2-5,8-11,13H2,1H3,(H,23,27). The third-order valence-electron chi connectivity index (χ3n) is 5.55. The molecule has 0 bridgehead atoms. The summed E-state index contributed by atoms with van der Waals surface area (Å²) < 4.78 is 34.1. The van der Waals surface area contributed by atoms with Crippen molar-refractivity contribution in [2.45, 2.75) is 38.3 Å². The summed E-state index contributed by atoms with van der Waals surface area (Å²) in [6, 6.07) is 4.54. The Hall–Kier alpha value is -2.42. The molecule has 9 heteroatoms. The van der Waals surface area contributed by atoms with E-state index in [0.717, 1.165) is 13.1 Å². The maximum Gasteiger partial charge on any atom is 0.387 e. The third kappa shape index (κ3) is 5.56. The Bertz CT molecular complexity index is 718. The van der Waals surface area contributed by atoms with Crippen LogP contribution in [0, 0.1) is 0 Å². The fraction of sp³-hybridized carbons (Fsp3) is 0.600. The molecule has 1 saturated carbocycles. The van der Waals surface area contributed by atoms with E-state index in [4.69, 9.17) is 4.74 Å². The maximum atomic E-state index is 12.4. The molecule has 0 unspecified atom stereocenters. The molecule has 7 nitrogen and oxygen atoms in total. The zero-order valence-corrected chi connectivity index (χ0v) is 16.5. The number of piperazine rings is 1. The number of amides is 2. The first kappa shape index (κ1) is 21.3. The Morgan fingerprint density at radius 2 is 1.83 bits per heavy atom. The summed E-state index contributed by atoms with van der Waals surface area (Å²) in [5.74, 6) is -0.749. The van der Waals surface area contributed by atoms with Gasteiger partial charge in [-0.1, -0.05) is 12.8 Å². The Morgan fingerprint density at radius 3 is 2.45 bits per heavy atom. The quantitative estimate of drug-likeness (QED) is 0.744. The number of alkyl halides is 2. The van der Waals surface area contributed by atoms with Crippen LogP contribution in [-0.4, -0.2) is 74.1 Å². The van der Waals surface area contributed by atoms with E-state index in [1.165, 1.54) is 51.0 Å². The molecule has 2 fully saturated rings. The summed E-state index contributed by atoms with van der Waals surface area (Å²) in [5, 5.41) is 2.59. The number of nitrogens with one attached hydrogen (secondary N) is 1. The van der Waals surface area contributed by atoms with Gasteiger partial charge in [-0.15, -0.1) is 0 Å². The molecule has 0 radical (unpaired) electrons. The summed E-state index contributed by atoms with van der Waals surface area (Å²) in [7, 11) is 1.30. The van der Waals surface area contributed by atoms with Gasteiger partial charge in [0, 0.05) is 37.8 Å². The lowest BCUT2D eigenvalue weighted by Gasteiger charge is -2.38. The van der Waals surface area contributed by atoms with Crippen LogP contribution < -0.4 is 14.8 Å². The number of rotatable bonds is 7. The molecule has 1 aromatic carbocycles. The van der Waals surface area contributed by atoms with Gasteiger partial charge in [0.1, 0.15) is 0 Å². The van der Waals surface area contributed by atoms with E-state index in [9.17, 15) is 18.4 Å². The van der Waals surface area contributed by atoms with Crippen LogP contribution in [0.15, 0.2) is 18.2 Å². The summed E-state index contributed by atoms with van der Waals surface area (Å²) in [6.07, 6.45) is 5.06. The predicted molar refractivity (Wildman–Crippen MR) is 102 cm³/mol. The molecule has 1 N–H and O–H groups in total. The van der Waals surface area contributed by atoms with Crippen molar-refractivity contribution in [1.82, 2.24) is 15.1 Å². The van der Waals surface area contributed by atoms with E-state index in [-0.39, 0.29) is 29.5 Å². The number of halogens is 2. The van der Waals surface area contributed by atoms with Gasteiger partial charge in [-0.3, -0.25) is 14.5 Å². The molecule has 2 amide bonds. The first-order valence-corrected chi connectivity index (χ1v) is 9.91. The van der Waals surface area contributed by atoms with Crippen LogP contribution in [0.2, 0.25) is 0 Å². The molecule has 0 aromatic heterocycles. The molecule has 1 aliphatic heterocycles. The summed E-state index contributed by atoms with van der Waals surface area (Å²) >= 11 is 0. The van der Waals surface area contributed by atoms with Gasteiger partial charge in [-0.2, -0.15) is 8.78 Å². The van der Waals surface area contributed by atoms with Crippen LogP contribution in [0.3, 0.4) is 0 Å². The largest absolute Gasteiger partial charge is 0.493 e. The molecule has 1 heterocycles. The van der Waals surface area contributed by atoms with E-state index < -0.39 is 12.5 Å². The van der Waals surface area contributed by atoms with Crippen molar-refractivity contribution in [2.75, 3.05) is 39.8 Å². The topological polar surface area (TPSA) is 71.1 Å². The number of benzene rings is 1. The van der Waals surface area contributed by atoms with Crippen LogP contribution in [0.1, 0.15) is 36.0 Å². The van der Waals surface area contributed by atoms with Crippen LogP contribution in [0.4, 0.5) is 8.78 Å². The molecular weight excluding hydrogens is 384 g/mol. The summed E-state index contributed by atoms with van der Waals surface area (Å²) in [4.78, 5) is 29.0. The van der Waals surface area contributed by atoms with Crippen LogP contribution in [0.5, 0.6) is 11.5 Å². The van der Waals surface area contributed by atoms with Crippen molar-refractivity contribution in [1.29, 1.82) is 0 Å².